The van der Waals surface area contributed by atoms with Crippen molar-refractivity contribution in [3.05, 3.63) is 0 Å². The summed E-state index contributed by atoms with van der Waals surface area (Å²) in [4.78, 5) is 0. The number of nitrogens with two attached hydrogens (primary N) is 1. The van der Waals surface area contributed by atoms with Crippen LogP contribution in [0.3, 0.4) is 0 Å². The predicted molar refractivity (Wildman–Crippen MR) is 71.0 cm³/mol. The zero-order valence-electron chi connectivity index (χ0n) is 11.1. The fourth-order valence-electron chi connectivity index (χ4n) is 4.13. The highest BCUT2D eigenvalue weighted by atomic mass is 35.5. The van der Waals surface area contributed by atoms with Gasteiger partial charge in [0.2, 0.25) is 0 Å². The predicted octanol–water partition coefficient (Wildman–Crippen LogP) is 2.02. The first-order valence-electron chi connectivity index (χ1n) is 6.44. The Kier molecular flexibility index (Phi) is 3.10. The van der Waals surface area contributed by atoms with E-state index < -0.39 is 0 Å². The molecule has 5 atom stereocenters. The first kappa shape index (κ1) is 13.7. The maximum Gasteiger partial charge on any atom is 0.475 e. The van der Waals surface area contributed by atoms with Gasteiger partial charge in [-0.2, -0.15) is 0 Å². The smallest absolute Gasteiger partial charge is 0.404 e. The molecule has 0 aromatic rings. The summed E-state index contributed by atoms with van der Waals surface area (Å²) in [5.74, 6) is 1.40. The summed E-state index contributed by atoms with van der Waals surface area (Å²) in [6.07, 6.45) is 2.71. The molecule has 5 heteroatoms. The quantitative estimate of drug-likeness (QED) is 0.733. The molecule has 0 radical (unpaired) electrons. The second-order valence-corrected chi connectivity index (χ2v) is 6.70. The third kappa shape index (κ3) is 1.61. The average molecular weight is 260 g/mol. The molecule has 1 aliphatic heterocycles. The fraction of sp³-hybridized carbons (Fsp3) is 1.00. The van der Waals surface area contributed by atoms with E-state index in [1.165, 1.54) is 6.42 Å². The Morgan fingerprint density at radius 2 is 1.94 bits per heavy atom. The van der Waals surface area contributed by atoms with Crippen molar-refractivity contribution < 1.29 is 9.31 Å². The molecule has 2 N–H and O–H groups in total. The third-order valence-corrected chi connectivity index (χ3v) is 5.40. The van der Waals surface area contributed by atoms with Gasteiger partial charge in [0, 0.05) is 5.94 Å². The lowest BCUT2D eigenvalue weighted by Gasteiger charge is -2.64. The van der Waals surface area contributed by atoms with Crippen molar-refractivity contribution in [1.29, 1.82) is 0 Å². The van der Waals surface area contributed by atoms with Crippen molar-refractivity contribution in [2.75, 3.05) is 0 Å². The van der Waals surface area contributed by atoms with Crippen LogP contribution in [-0.2, 0) is 9.31 Å². The van der Waals surface area contributed by atoms with Crippen LogP contribution >= 0.6 is 12.4 Å². The minimum absolute atomic E-state index is 0. The minimum Gasteiger partial charge on any atom is -0.404 e. The lowest BCUT2D eigenvalue weighted by Crippen LogP contribution is -2.65. The van der Waals surface area contributed by atoms with Gasteiger partial charge in [0.25, 0.3) is 0 Å². The summed E-state index contributed by atoms with van der Waals surface area (Å²) in [5.41, 5.74) is 6.20. The number of rotatable bonds is 1. The van der Waals surface area contributed by atoms with E-state index in [2.05, 4.69) is 20.8 Å². The molecule has 4 rings (SSSR count). The summed E-state index contributed by atoms with van der Waals surface area (Å²) in [6, 6.07) is 0. The van der Waals surface area contributed by atoms with Gasteiger partial charge >= 0.3 is 7.12 Å². The van der Waals surface area contributed by atoms with Crippen LogP contribution in [0.5, 0.6) is 0 Å². The standard InChI is InChI=1S/C12H22BNO2.ClH/c1-7(14)13-15-10-6-8-5-9(11(8,2)3)12(10,4)16-13;/h7-10H,5-6,14H2,1-4H3;1H. The van der Waals surface area contributed by atoms with E-state index in [-0.39, 0.29) is 37.2 Å². The molecule has 1 heterocycles. The Hall–Kier alpha value is 0.235. The maximum atomic E-state index is 6.15. The Morgan fingerprint density at radius 1 is 1.29 bits per heavy atom. The second-order valence-electron chi connectivity index (χ2n) is 6.70. The molecular formula is C12H23BClNO2. The average Bonchev–Trinajstić information content (AvgIpc) is 2.54. The Labute approximate surface area is 110 Å². The van der Waals surface area contributed by atoms with E-state index in [0.717, 1.165) is 12.3 Å². The van der Waals surface area contributed by atoms with Crippen LogP contribution in [-0.4, -0.2) is 24.8 Å². The van der Waals surface area contributed by atoms with Gasteiger partial charge < -0.3 is 15.0 Å². The number of hydrogen-bond donors (Lipinski definition) is 1. The molecule has 0 aromatic carbocycles. The van der Waals surface area contributed by atoms with Gasteiger partial charge in [-0.05, 0) is 37.0 Å². The fourth-order valence-corrected chi connectivity index (χ4v) is 4.13. The molecular weight excluding hydrogens is 236 g/mol. The SMILES string of the molecule is CC(N)B1OC2CC3CC(C3(C)C)C2(C)O1.Cl. The first-order valence-corrected chi connectivity index (χ1v) is 6.44. The van der Waals surface area contributed by atoms with E-state index >= 15 is 0 Å². The van der Waals surface area contributed by atoms with Crippen LogP contribution in [0.4, 0.5) is 0 Å². The lowest BCUT2D eigenvalue weighted by molar-refractivity contribution is -0.199. The van der Waals surface area contributed by atoms with E-state index in [1.54, 1.807) is 0 Å². The number of halogens is 1. The molecule has 0 amide bonds. The van der Waals surface area contributed by atoms with Crippen molar-refractivity contribution in [3.63, 3.8) is 0 Å². The molecule has 3 saturated carbocycles. The molecule has 5 unspecified atom stereocenters. The van der Waals surface area contributed by atoms with Crippen molar-refractivity contribution in [3.8, 4) is 0 Å². The topological polar surface area (TPSA) is 44.5 Å². The molecule has 0 spiro atoms. The van der Waals surface area contributed by atoms with Gasteiger partial charge in [-0.3, -0.25) is 0 Å². The van der Waals surface area contributed by atoms with E-state index in [1.807, 2.05) is 6.92 Å². The van der Waals surface area contributed by atoms with Crippen LogP contribution in [0.15, 0.2) is 0 Å². The first-order chi connectivity index (χ1) is 7.35. The van der Waals surface area contributed by atoms with Crippen molar-refractivity contribution in [2.24, 2.45) is 23.0 Å². The highest BCUT2D eigenvalue weighted by Crippen LogP contribution is 2.65. The van der Waals surface area contributed by atoms with Gasteiger partial charge in [-0.1, -0.05) is 20.8 Å². The van der Waals surface area contributed by atoms with Gasteiger partial charge in [-0.25, -0.2) is 0 Å². The van der Waals surface area contributed by atoms with Gasteiger partial charge in [-0.15, -0.1) is 12.4 Å². The van der Waals surface area contributed by atoms with Gasteiger partial charge in [0.15, 0.2) is 0 Å². The summed E-state index contributed by atoms with van der Waals surface area (Å²) in [7, 11) is -0.204. The molecule has 98 valence electrons. The Bertz CT molecular complexity index is 326. The molecule has 3 aliphatic carbocycles. The largest absolute Gasteiger partial charge is 0.475 e. The zero-order valence-corrected chi connectivity index (χ0v) is 11.9. The molecule has 3 nitrogen and oxygen atoms in total. The monoisotopic (exact) mass is 259 g/mol. The van der Waals surface area contributed by atoms with Crippen LogP contribution in [0.25, 0.3) is 0 Å². The molecule has 17 heavy (non-hydrogen) atoms. The van der Waals surface area contributed by atoms with E-state index in [9.17, 15) is 0 Å². The minimum atomic E-state index is -0.204. The lowest BCUT2D eigenvalue weighted by atomic mass is 9.43. The Morgan fingerprint density at radius 3 is 2.47 bits per heavy atom. The van der Waals surface area contributed by atoms with Crippen molar-refractivity contribution >= 4 is 19.5 Å². The Balaban J connectivity index is 0.00000108. The highest BCUT2D eigenvalue weighted by Gasteiger charge is 2.68. The molecule has 2 bridgehead atoms. The van der Waals surface area contributed by atoms with Gasteiger partial charge in [0.1, 0.15) is 0 Å². The zero-order chi connectivity index (χ0) is 11.7. The van der Waals surface area contributed by atoms with Crippen molar-refractivity contribution in [1.82, 2.24) is 0 Å². The summed E-state index contributed by atoms with van der Waals surface area (Å²) in [5, 5.41) is 0. The summed E-state index contributed by atoms with van der Waals surface area (Å²) >= 11 is 0. The van der Waals surface area contributed by atoms with Gasteiger partial charge in [0.05, 0.1) is 11.7 Å². The van der Waals surface area contributed by atoms with E-state index in [4.69, 9.17) is 15.0 Å². The normalized spacial score (nSPS) is 47.8. The van der Waals surface area contributed by atoms with Crippen LogP contribution in [0.1, 0.15) is 40.5 Å². The molecule has 1 saturated heterocycles. The molecule has 4 aliphatic rings. The van der Waals surface area contributed by atoms with Crippen LogP contribution in [0.2, 0.25) is 0 Å². The maximum absolute atomic E-state index is 6.15. The van der Waals surface area contributed by atoms with Crippen LogP contribution in [0, 0.1) is 17.3 Å². The molecule has 4 fully saturated rings. The third-order valence-electron chi connectivity index (χ3n) is 5.40. The highest BCUT2D eigenvalue weighted by molar-refractivity contribution is 6.47. The van der Waals surface area contributed by atoms with Crippen molar-refractivity contribution in [2.45, 2.75) is 58.2 Å². The van der Waals surface area contributed by atoms with Crippen LogP contribution < -0.4 is 5.73 Å². The molecule has 0 aromatic heterocycles. The second kappa shape index (κ2) is 3.86. The summed E-state index contributed by atoms with van der Waals surface area (Å²) < 4.78 is 12.1. The summed E-state index contributed by atoms with van der Waals surface area (Å²) in [6.45, 7) is 8.93. The van der Waals surface area contributed by atoms with E-state index in [0.29, 0.717) is 11.3 Å². The number of hydrogen-bond acceptors (Lipinski definition) is 3.